The number of nitrogens with two attached hydrogens (primary N) is 2. The molecule has 0 unspecified atom stereocenters. The molecule has 0 saturated carbocycles. The molecule has 0 radical (unpaired) electrons. The van der Waals surface area contributed by atoms with Gasteiger partial charge in [-0.2, -0.15) is 0 Å². The molecule has 0 spiro atoms. The molecule has 0 bridgehead atoms. The molecule has 0 aromatic carbocycles. The summed E-state index contributed by atoms with van der Waals surface area (Å²) in [5, 5.41) is 0. The Morgan fingerprint density at radius 1 is 1.31 bits per heavy atom. The monoisotopic (exact) mass is 220 g/mol. The van der Waals surface area contributed by atoms with Crippen LogP contribution in [0.2, 0.25) is 0 Å². The summed E-state index contributed by atoms with van der Waals surface area (Å²) < 4.78 is 0. The number of H-pyrrole nitrogens is 1. The van der Waals surface area contributed by atoms with Crippen LogP contribution in [0.5, 0.6) is 0 Å². The lowest BCUT2D eigenvalue weighted by atomic mass is 9.93. The van der Waals surface area contributed by atoms with Crippen molar-refractivity contribution in [2.24, 2.45) is 5.73 Å². The molecule has 2 heterocycles. The zero-order chi connectivity index (χ0) is 11.8. The molecule has 0 atom stereocenters. The first-order valence-corrected chi connectivity index (χ1v) is 5.36. The molecule has 2 aromatic rings. The van der Waals surface area contributed by atoms with Crippen LogP contribution in [0, 0.1) is 0 Å². The lowest BCUT2D eigenvalue weighted by molar-refractivity contribution is 0.391. The summed E-state index contributed by atoms with van der Waals surface area (Å²) in [6.45, 7) is 4.07. The average molecular weight is 220 g/mol. The number of nitrogens with zero attached hydrogens (tertiary/aromatic N) is 3. The Balaban J connectivity index is 2.59. The summed E-state index contributed by atoms with van der Waals surface area (Å²) in [5.74, 6) is 1.12. The summed E-state index contributed by atoms with van der Waals surface area (Å²) >= 11 is 0. The van der Waals surface area contributed by atoms with E-state index in [0.717, 1.165) is 18.7 Å². The molecular formula is C10H16N6. The molecule has 0 saturated heterocycles. The zero-order valence-electron chi connectivity index (χ0n) is 9.49. The van der Waals surface area contributed by atoms with Crippen molar-refractivity contribution < 1.29 is 0 Å². The fourth-order valence-electron chi connectivity index (χ4n) is 1.67. The summed E-state index contributed by atoms with van der Waals surface area (Å²) in [5.41, 5.74) is 12.8. The number of hydrogen-bond donors (Lipinski definition) is 3. The standard InChI is InChI=1S/C10H16N6/c1-3-10(12,4-2)9-15-6-7(11)13-5-14-8(6)16-9/h5H,3-4,12H2,1-2H3,(H3,11,13,14,15,16). The van der Waals surface area contributed by atoms with Gasteiger partial charge in [-0.05, 0) is 12.8 Å². The molecule has 0 amide bonds. The van der Waals surface area contributed by atoms with Crippen LogP contribution >= 0.6 is 0 Å². The predicted octanol–water partition coefficient (Wildman–Crippen LogP) is 0.909. The number of aromatic nitrogens is 4. The van der Waals surface area contributed by atoms with Gasteiger partial charge < -0.3 is 16.5 Å². The Hall–Kier alpha value is -1.69. The molecule has 0 aliphatic rings. The van der Waals surface area contributed by atoms with Gasteiger partial charge in [-0.1, -0.05) is 13.8 Å². The first kappa shape index (κ1) is 10.8. The van der Waals surface area contributed by atoms with Gasteiger partial charge in [-0.3, -0.25) is 0 Å². The van der Waals surface area contributed by atoms with Crippen LogP contribution in [0.3, 0.4) is 0 Å². The highest BCUT2D eigenvalue weighted by Crippen LogP contribution is 2.25. The van der Waals surface area contributed by atoms with E-state index < -0.39 is 5.54 Å². The van der Waals surface area contributed by atoms with E-state index in [9.17, 15) is 0 Å². The number of aromatic amines is 1. The van der Waals surface area contributed by atoms with E-state index in [4.69, 9.17) is 11.5 Å². The number of hydrogen-bond acceptors (Lipinski definition) is 5. The Bertz CT molecular complexity index is 499. The van der Waals surface area contributed by atoms with Gasteiger partial charge >= 0.3 is 0 Å². The number of fused-ring (bicyclic) bond motifs is 1. The van der Waals surface area contributed by atoms with Gasteiger partial charge in [0.15, 0.2) is 11.5 Å². The third kappa shape index (κ3) is 1.51. The quantitative estimate of drug-likeness (QED) is 0.712. The predicted molar refractivity (Wildman–Crippen MR) is 62.5 cm³/mol. The molecule has 5 N–H and O–H groups in total. The Morgan fingerprint density at radius 3 is 2.56 bits per heavy atom. The average Bonchev–Trinajstić information content (AvgIpc) is 2.74. The second-order valence-corrected chi connectivity index (χ2v) is 3.91. The molecule has 0 aliphatic carbocycles. The van der Waals surface area contributed by atoms with E-state index in [0.29, 0.717) is 17.0 Å². The van der Waals surface area contributed by atoms with E-state index in [1.165, 1.54) is 6.33 Å². The maximum Gasteiger partial charge on any atom is 0.183 e. The maximum absolute atomic E-state index is 6.25. The SMILES string of the molecule is CCC(N)(CC)c1nc2ncnc(N)c2[nH]1. The minimum absolute atomic E-state index is 0.401. The molecule has 0 aliphatic heterocycles. The minimum Gasteiger partial charge on any atom is -0.382 e. The van der Waals surface area contributed by atoms with Crippen molar-refractivity contribution in [2.75, 3.05) is 5.73 Å². The van der Waals surface area contributed by atoms with Crippen LogP contribution in [0.15, 0.2) is 6.33 Å². The number of rotatable bonds is 3. The summed E-state index contributed by atoms with van der Waals surface area (Å²) in [6, 6.07) is 0. The molecule has 6 nitrogen and oxygen atoms in total. The van der Waals surface area contributed by atoms with Gasteiger partial charge in [0.05, 0.1) is 5.54 Å². The molecule has 0 fully saturated rings. The number of nitrogens with one attached hydrogen (secondary N) is 1. The molecule has 2 rings (SSSR count). The van der Waals surface area contributed by atoms with Crippen molar-refractivity contribution in [3.8, 4) is 0 Å². The summed E-state index contributed by atoms with van der Waals surface area (Å²) in [6.07, 6.45) is 3.01. The van der Waals surface area contributed by atoms with Crippen molar-refractivity contribution in [3.05, 3.63) is 12.2 Å². The van der Waals surface area contributed by atoms with Crippen LogP contribution in [-0.4, -0.2) is 19.9 Å². The third-order valence-corrected chi connectivity index (χ3v) is 3.05. The lowest BCUT2D eigenvalue weighted by Gasteiger charge is -2.23. The van der Waals surface area contributed by atoms with Crippen molar-refractivity contribution in [3.63, 3.8) is 0 Å². The van der Waals surface area contributed by atoms with E-state index in [1.54, 1.807) is 0 Å². The highest BCUT2D eigenvalue weighted by Gasteiger charge is 2.27. The first-order valence-electron chi connectivity index (χ1n) is 5.36. The number of nitrogen functional groups attached to an aromatic ring is 1. The normalized spacial score (nSPS) is 12.2. The highest BCUT2D eigenvalue weighted by molar-refractivity contribution is 5.81. The summed E-state index contributed by atoms with van der Waals surface area (Å²) in [4.78, 5) is 15.5. The van der Waals surface area contributed by atoms with Crippen LogP contribution in [0.25, 0.3) is 11.2 Å². The first-order chi connectivity index (χ1) is 7.60. The van der Waals surface area contributed by atoms with E-state index in [-0.39, 0.29) is 0 Å². The van der Waals surface area contributed by atoms with E-state index >= 15 is 0 Å². The smallest absolute Gasteiger partial charge is 0.183 e. The number of anilines is 1. The highest BCUT2D eigenvalue weighted by atomic mass is 15.1. The van der Waals surface area contributed by atoms with Gasteiger partial charge in [-0.25, -0.2) is 15.0 Å². The fraction of sp³-hybridized carbons (Fsp3) is 0.500. The van der Waals surface area contributed by atoms with Gasteiger partial charge in [0, 0.05) is 0 Å². The zero-order valence-corrected chi connectivity index (χ0v) is 9.49. The molecule has 6 heteroatoms. The van der Waals surface area contributed by atoms with Crippen LogP contribution < -0.4 is 11.5 Å². The molecule has 16 heavy (non-hydrogen) atoms. The largest absolute Gasteiger partial charge is 0.382 e. The second-order valence-electron chi connectivity index (χ2n) is 3.91. The van der Waals surface area contributed by atoms with Crippen molar-refractivity contribution in [2.45, 2.75) is 32.2 Å². The molecule has 86 valence electrons. The van der Waals surface area contributed by atoms with Gasteiger partial charge in [0.25, 0.3) is 0 Å². The van der Waals surface area contributed by atoms with Crippen molar-refractivity contribution in [1.29, 1.82) is 0 Å². The summed E-state index contributed by atoms with van der Waals surface area (Å²) in [7, 11) is 0. The van der Waals surface area contributed by atoms with Crippen molar-refractivity contribution >= 4 is 17.0 Å². The second kappa shape index (κ2) is 3.71. The van der Waals surface area contributed by atoms with Gasteiger partial charge in [0.1, 0.15) is 17.7 Å². The van der Waals surface area contributed by atoms with E-state index in [2.05, 4.69) is 19.9 Å². The van der Waals surface area contributed by atoms with Crippen LogP contribution in [0.4, 0.5) is 5.82 Å². The maximum atomic E-state index is 6.25. The third-order valence-electron chi connectivity index (χ3n) is 3.05. The van der Waals surface area contributed by atoms with Crippen LogP contribution in [0.1, 0.15) is 32.5 Å². The van der Waals surface area contributed by atoms with Gasteiger partial charge in [-0.15, -0.1) is 0 Å². The topological polar surface area (TPSA) is 106 Å². The minimum atomic E-state index is -0.451. The Kier molecular flexibility index (Phi) is 2.51. The van der Waals surface area contributed by atoms with Crippen LogP contribution in [-0.2, 0) is 5.54 Å². The lowest BCUT2D eigenvalue weighted by Crippen LogP contribution is -2.36. The van der Waals surface area contributed by atoms with Gasteiger partial charge in [0.2, 0.25) is 0 Å². The fourth-order valence-corrected chi connectivity index (χ4v) is 1.67. The van der Waals surface area contributed by atoms with E-state index in [1.807, 2.05) is 13.8 Å². The Morgan fingerprint density at radius 2 is 2.00 bits per heavy atom. The molecule has 2 aromatic heterocycles. The van der Waals surface area contributed by atoms with Crippen molar-refractivity contribution in [1.82, 2.24) is 19.9 Å². The Labute approximate surface area is 93.5 Å². The number of imidazole rings is 1. The molecular weight excluding hydrogens is 204 g/mol.